The van der Waals surface area contributed by atoms with Gasteiger partial charge in [0.15, 0.2) is 0 Å². The van der Waals surface area contributed by atoms with Crippen molar-refractivity contribution in [3.05, 3.63) is 237 Å². The number of pyridine rings is 2. The van der Waals surface area contributed by atoms with E-state index in [-0.39, 0.29) is 23.2 Å². The second kappa shape index (κ2) is 18.5. The molecule has 292 valence electrons. The van der Waals surface area contributed by atoms with Gasteiger partial charge in [-0.05, 0) is 57.7 Å². The number of nitro benzene ring substituents is 2. The van der Waals surface area contributed by atoms with E-state index in [1.165, 1.54) is 36.4 Å². The summed E-state index contributed by atoms with van der Waals surface area (Å²) < 4.78 is 0. The molecule has 0 saturated carbocycles. The number of non-ortho nitro benzene ring substituents is 2. The number of fused-ring (bicyclic) bond motifs is 2. The number of benzene rings is 6. The van der Waals surface area contributed by atoms with E-state index in [9.17, 15) is 29.8 Å². The Morgan fingerprint density at radius 1 is 0.450 bits per heavy atom. The smallest absolute Gasteiger partial charge is 0.270 e. The number of hydrogen-bond donors (Lipinski definition) is 2. The lowest BCUT2D eigenvalue weighted by molar-refractivity contribution is -0.385. The van der Waals surface area contributed by atoms with Crippen LogP contribution in [-0.2, 0) is 9.59 Å². The van der Waals surface area contributed by atoms with Crippen LogP contribution in [0, 0.1) is 20.2 Å². The lowest BCUT2D eigenvalue weighted by Crippen LogP contribution is -2.10. The van der Waals surface area contributed by atoms with E-state index in [2.05, 4.69) is 20.6 Å². The van der Waals surface area contributed by atoms with Crippen LogP contribution in [0.5, 0.6) is 0 Å². The van der Waals surface area contributed by atoms with E-state index in [1.807, 2.05) is 109 Å². The number of hydrogen-bond acceptors (Lipinski definition) is 8. The molecule has 2 heterocycles. The molecule has 0 fully saturated rings. The number of nitrogens with zero attached hydrogens (tertiary/aromatic N) is 4. The quantitative estimate of drug-likeness (QED) is 0.0783. The summed E-state index contributed by atoms with van der Waals surface area (Å²) in [4.78, 5) is 56.0. The third kappa shape index (κ3) is 9.65. The standard InChI is InChI=1S/2C24H17N3O3/c2*28-23(26-22-13-5-9-18-11-6-14-25-24(18)22)16-21(17-7-2-1-3-8-17)19-10-4-12-20(15-19)27(29)30/h2*1-16H,(H,26,28)/b2*21-16-. The monoisotopic (exact) mass is 790 g/mol. The molecule has 0 unspecified atom stereocenters. The molecule has 2 N–H and O–H groups in total. The average molecular weight is 791 g/mol. The molecule has 60 heavy (non-hydrogen) atoms. The molecule has 8 aromatic rings. The molecule has 6 aromatic carbocycles. The minimum atomic E-state index is -0.450. The van der Waals surface area contributed by atoms with E-state index in [4.69, 9.17) is 0 Å². The molecule has 8 rings (SSSR count). The van der Waals surface area contributed by atoms with Crippen molar-refractivity contribution in [1.29, 1.82) is 0 Å². The van der Waals surface area contributed by atoms with Crippen LogP contribution in [0.2, 0.25) is 0 Å². The van der Waals surface area contributed by atoms with Crippen LogP contribution in [0.25, 0.3) is 33.0 Å². The molecule has 0 aliphatic carbocycles. The Balaban J connectivity index is 0.000000181. The summed E-state index contributed by atoms with van der Waals surface area (Å²) in [6, 6.07) is 49.7. The Labute approximate surface area is 343 Å². The van der Waals surface area contributed by atoms with Gasteiger partial charge in [-0.25, -0.2) is 0 Å². The second-order valence-corrected chi connectivity index (χ2v) is 13.2. The number of carbonyl (C=O) groups is 2. The maximum Gasteiger partial charge on any atom is 0.270 e. The fraction of sp³-hybridized carbons (Fsp3) is 0. The van der Waals surface area contributed by atoms with E-state index in [1.54, 1.807) is 48.8 Å². The minimum absolute atomic E-state index is 0.0343. The predicted molar refractivity (Wildman–Crippen MR) is 234 cm³/mol. The van der Waals surface area contributed by atoms with Gasteiger partial charge in [0.1, 0.15) is 0 Å². The summed E-state index contributed by atoms with van der Waals surface area (Å²) in [5.41, 5.74) is 6.42. The van der Waals surface area contributed by atoms with Gasteiger partial charge in [0.25, 0.3) is 11.4 Å². The number of rotatable bonds is 10. The van der Waals surface area contributed by atoms with Crippen molar-refractivity contribution in [2.75, 3.05) is 10.6 Å². The van der Waals surface area contributed by atoms with Crippen molar-refractivity contribution in [2.45, 2.75) is 0 Å². The van der Waals surface area contributed by atoms with Gasteiger partial charge in [-0.1, -0.05) is 121 Å². The molecular formula is C48H34N6O6. The Morgan fingerprint density at radius 2 is 0.817 bits per heavy atom. The highest BCUT2D eigenvalue weighted by molar-refractivity contribution is 6.10. The normalized spacial score (nSPS) is 11.3. The molecule has 0 radical (unpaired) electrons. The lowest BCUT2D eigenvalue weighted by Gasteiger charge is -2.10. The molecule has 0 saturated heterocycles. The zero-order valence-corrected chi connectivity index (χ0v) is 31.7. The first-order valence-corrected chi connectivity index (χ1v) is 18.6. The fourth-order valence-electron chi connectivity index (χ4n) is 6.49. The summed E-state index contributed by atoms with van der Waals surface area (Å²) in [7, 11) is 0. The molecule has 0 spiro atoms. The SMILES string of the molecule is O=C(/C=C(/c1ccccc1)c1cccc([N+](=O)[O-])c1)Nc1cccc2cccnc12.O=C(/C=C(/c1ccccc1)c1cccc([N+](=O)[O-])c1)Nc1cccc2cccnc12. The molecule has 0 atom stereocenters. The number of carbonyl (C=O) groups excluding carboxylic acids is 2. The highest BCUT2D eigenvalue weighted by atomic mass is 16.6. The minimum Gasteiger partial charge on any atom is -0.321 e. The third-order valence-corrected chi connectivity index (χ3v) is 9.24. The van der Waals surface area contributed by atoms with Gasteiger partial charge >= 0.3 is 0 Å². The number of anilines is 2. The largest absolute Gasteiger partial charge is 0.321 e. The maximum atomic E-state index is 12.9. The zero-order valence-electron chi connectivity index (χ0n) is 31.7. The van der Waals surface area contributed by atoms with Crippen LogP contribution in [0.3, 0.4) is 0 Å². The van der Waals surface area contributed by atoms with E-state index < -0.39 is 9.85 Å². The summed E-state index contributed by atoms with van der Waals surface area (Å²) in [6.07, 6.45) is 6.25. The number of aromatic nitrogens is 2. The summed E-state index contributed by atoms with van der Waals surface area (Å²) >= 11 is 0. The molecule has 2 amide bonds. The molecule has 12 nitrogen and oxygen atoms in total. The van der Waals surface area contributed by atoms with Gasteiger partial charge in [0.2, 0.25) is 11.8 Å². The van der Waals surface area contributed by atoms with Gasteiger partial charge in [-0.3, -0.25) is 39.8 Å². The summed E-state index contributed by atoms with van der Waals surface area (Å²) in [5, 5.41) is 30.0. The van der Waals surface area contributed by atoms with Crippen LogP contribution >= 0.6 is 0 Å². The first kappa shape index (κ1) is 39.6. The predicted octanol–water partition coefficient (Wildman–Crippen LogP) is 10.4. The van der Waals surface area contributed by atoms with Crippen molar-refractivity contribution >= 4 is 67.5 Å². The molecule has 12 heteroatoms. The maximum absolute atomic E-state index is 12.9. The highest BCUT2D eigenvalue weighted by Crippen LogP contribution is 2.29. The zero-order chi connectivity index (χ0) is 41.8. The topological polar surface area (TPSA) is 170 Å². The summed E-state index contributed by atoms with van der Waals surface area (Å²) in [6.45, 7) is 0. The van der Waals surface area contributed by atoms with Crippen LogP contribution in [-0.4, -0.2) is 31.6 Å². The average Bonchev–Trinajstić information content (AvgIpc) is 3.28. The van der Waals surface area contributed by atoms with Gasteiger partial charge in [-0.15, -0.1) is 0 Å². The number of nitro groups is 2. The van der Waals surface area contributed by atoms with Crippen molar-refractivity contribution in [3.8, 4) is 0 Å². The van der Waals surface area contributed by atoms with Crippen molar-refractivity contribution in [3.63, 3.8) is 0 Å². The van der Waals surface area contributed by atoms with Crippen LogP contribution in [0.4, 0.5) is 22.7 Å². The third-order valence-electron chi connectivity index (χ3n) is 9.24. The summed E-state index contributed by atoms with van der Waals surface area (Å²) in [5.74, 6) is -0.697. The van der Waals surface area contributed by atoms with Crippen LogP contribution < -0.4 is 10.6 Å². The number of nitrogens with one attached hydrogen (secondary N) is 2. The van der Waals surface area contributed by atoms with Gasteiger partial charge in [0.05, 0.1) is 32.3 Å². The second-order valence-electron chi connectivity index (χ2n) is 13.2. The van der Waals surface area contributed by atoms with E-state index >= 15 is 0 Å². The fourth-order valence-corrected chi connectivity index (χ4v) is 6.49. The molecule has 2 aromatic heterocycles. The Bertz CT molecular complexity index is 2720. The lowest BCUT2D eigenvalue weighted by atomic mass is 9.97. The van der Waals surface area contributed by atoms with Crippen LogP contribution in [0.15, 0.2) is 194 Å². The molecule has 0 aliphatic rings. The van der Waals surface area contributed by atoms with Crippen molar-refractivity contribution in [2.24, 2.45) is 0 Å². The first-order valence-electron chi connectivity index (χ1n) is 18.6. The van der Waals surface area contributed by atoms with Gasteiger partial charge in [0, 0.05) is 59.6 Å². The van der Waals surface area contributed by atoms with Crippen molar-refractivity contribution < 1.29 is 19.4 Å². The molecule has 0 bridgehead atoms. The Hall–Kier alpha value is -8.64. The van der Waals surface area contributed by atoms with Gasteiger partial charge < -0.3 is 10.6 Å². The highest BCUT2D eigenvalue weighted by Gasteiger charge is 2.15. The molecule has 0 aliphatic heterocycles. The van der Waals surface area contributed by atoms with Gasteiger partial charge in [-0.2, -0.15) is 0 Å². The number of amides is 2. The number of para-hydroxylation sites is 2. The van der Waals surface area contributed by atoms with E-state index in [0.29, 0.717) is 44.7 Å². The van der Waals surface area contributed by atoms with E-state index in [0.717, 1.165) is 21.9 Å². The van der Waals surface area contributed by atoms with Crippen LogP contribution in [0.1, 0.15) is 22.3 Å². The Kier molecular flexibility index (Phi) is 12.2. The van der Waals surface area contributed by atoms with Crippen molar-refractivity contribution in [1.82, 2.24) is 9.97 Å². The Morgan fingerprint density at radius 3 is 1.22 bits per heavy atom. The molecular weight excluding hydrogens is 757 g/mol. The first-order chi connectivity index (χ1) is 29.2.